The average Bonchev–Trinajstić information content (AvgIpc) is 2.86. The predicted molar refractivity (Wildman–Crippen MR) is 57.6 cm³/mol. The lowest BCUT2D eigenvalue weighted by Crippen LogP contribution is -2.28. The molecule has 1 N–H and O–H groups in total. The lowest BCUT2D eigenvalue weighted by Gasteiger charge is -2.07. The van der Waals surface area contributed by atoms with E-state index in [0.29, 0.717) is 6.04 Å². The fourth-order valence-corrected chi connectivity index (χ4v) is 2.35. The molecule has 0 saturated carbocycles. The minimum absolute atomic E-state index is 0.544. The highest BCUT2D eigenvalue weighted by Crippen LogP contribution is 2.14. The van der Waals surface area contributed by atoms with E-state index in [-0.39, 0.29) is 0 Å². The standard InChI is InChI=1S/C10H16N2OS/c1-2-10-12-6-9(14-10)5-11-8-3-4-13-7-8/h6,8,11H,2-5,7H2,1H3. The Morgan fingerprint density at radius 3 is 3.29 bits per heavy atom. The molecule has 1 aromatic heterocycles. The molecule has 0 aromatic carbocycles. The Bertz CT molecular complexity index is 281. The first kappa shape index (κ1) is 10.1. The second-order valence-corrected chi connectivity index (χ2v) is 4.72. The summed E-state index contributed by atoms with van der Waals surface area (Å²) < 4.78 is 5.30. The van der Waals surface area contributed by atoms with Crippen LogP contribution in [0.4, 0.5) is 0 Å². The van der Waals surface area contributed by atoms with Crippen molar-refractivity contribution in [2.75, 3.05) is 13.2 Å². The third-order valence-corrected chi connectivity index (χ3v) is 3.54. The smallest absolute Gasteiger partial charge is 0.0925 e. The van der Waals surface area contributed by atoms with Crippen LogP contribution in [0.5, 0.6) is 0 Å². The first-order chi connectivity index (χ1) is 6.88. The first-order valence-corrected chi connectivity index (χ1v) is 5.95. The fourth-order valence-electron chi connectivity index (χ4n) is 1.53. The summed E-state index contributed by atoms with van der Waals surface area (Å²) in [4.78, 5) is 5.65. The summed E-state index contributed by atoms with van der Waals surface area (Å²) in [5.41, 5.74) is 0. The second kappa shape index (κ2) is 4.87. The van der Waals surface area contributed by atoms with Crippen LogP contribution in [-0.2, 0) is 17.7 Å². The van der Waals surface area contributed by atoms with Gasteiger partial charge in [-0.2, -0.15) is 0 Å². The monoisotopic (exact) mass is 212 g/mol. The van der Waals surface area contributed by atoms with Crippen LogP contribution in [0.1, 0.15) is 23.2 Å². The zero-order valence-electron chi connectivity index (χ0n) is 8.45. The van der Waals surface area contributed by atoms with Gasteiger partial charge in [0.05, 0.1) is 11.6 Å². The van der Waals surface area contributed by atoms with Gasteiger partial charge in [-0.15, -0.1) is 11.3 Å². The van der Waals surface area contributed by atoms with E-state index < -0.39 is 0 Å². The molecule has 1 saturated heterocycles. The van der Waals surface area contributed by atoms with E-state index in [4.69, 9.17) is 4.74 Å². The van der Waals surface area contributed by atoms with Crippen molar-refractivity contribution in [3.63, 3.8) is 0 Å². The Morgan fingerprint density at radius 2 is 2.64 bits per heavy atom. The van der Waals surface area contributed by atoms with Gasteiger partial charge in [0.2, 0.25) is 0 Å². The minimum Gasteiger partial charge on any atom is -0.380 e. The van der Waals surface area contributed by atoms with Gasteiger partial charge in [-0.3, -0.25) is 0 Å². The summed E-state index contributed by atoms with van der Waals surface area (Å²) in [5.74, 6) is 0. The highest BCUT2D eigenvalue weighted by Gasteiger charge is 2.14. The third-order valence-electron chi connectivity index (χ3n) is 2.40. The maximum Gasteiger partial charge on any atom is 0.0925 e. The SMILES string of the molecule is CCc1ncc(CNC2CCOC2)s1. The number of nitrogens with one attached hydrogen (secondary N) is 1. The molecule has 0 radical (unpaired) electrons. The number of ether oxygens (including phenoxy) is 1. The number of rotatable bonds is 4. The number of aromatic nitrogens is 1. The molecule has 2 heterocycles. The van der Waals surface area contributed by atoms with Gasteiger partial charge in [-0.1, -0.05) is 6.92 Å². The molecule has 1 aliphatic heterocycles. The van der Waals surface area contributed by atoms with Crippen molar-refractivity contribution < 1.29 is 4.74 Å². The third kappa shape index (κ3) is 2.53. The quantitative estimate of drug-likeness (QED) is 0.823. The van der Waals surface area contributed by atoms with Crippen molar-refractivity contribution in [1.82, 2.24) is 10.3 Å². The van der Waals surface area contributed by atoms with E-state index in [9.17, 15) is 0 Å². The van der Waals surface area contributed by atoms with Crippen LogP contribution in [0.25, 0.3) is 0 Å². The molecule has 0 bridgehead atoms. The second-order valence-electron chi connectivity index (χ2n) is 3.52. The highest BCUT2D eigenvalue weighted by molar-refractivity contribution is 7.11. The molecule has 1 fully saturated rings. The molecule has 2 rings (SSSR count). The molecule has 78 valence electrons. The van der Waals surface area contributed by atoms with Crippen molar-refractivity contribution >= 4 is 11.3 Å². The van der Waals surface area contributed by atoms with Crippen LogP contribution >= 0.6 is 11.3 Å². The molecular weight excluding hydrogens is 196 g/mol. The van der Waals surface area contributed by atoms with Crippen LogP contribution < -0.4 is 5.32 Å². The average molecular weight is 212 g/mol. The van der Waals surface area contributed by atoms with E-state index in [1.807, 2.05) is 6.20 Å². The number of hydrogen-bond acceptors (Lipinski definition) is 4. The van der Waals surface area contributed by atoms with Crippen molar-refractivity contribution in [3.05, 3.63) is 16.1 Å². The molecule has 3 nitrogen and oxygen atoms in total. The van der Waals surface area contributed by atoms with Crippen LogP contribution in [0.2, 0.25) is 0 Å². The maximum absolute atomic E-state index is 5.30. The zero-order valence-corrected chi connectivity index (χ0v) is 9.27. The van der Waals surface area contributed by atoms with Crippen molar-refractivity contribution in [3.8, 4) is 0 Å². The van der Waals surface area contributed by atoms with Gasteiger partial charge >= 0.3 is 0 Å². The molecule has 1 aliphatic rings. The Morgan fingerprint density at radius 1 is 1.71 bits per heavy atom. The largest absolute Gasteiger partial charge is 0.380 e. The molecule has 14 heavy (non-hydrogen) atoms. The summed E-state index contributed by atoms with van der Waals surface area (Å²) in [7, 11) is 0. The summed E-state index contributed by atoms with van der Waals surface area (Å²) in [5, 5.41) is 4.71. The van der Waals surface area contributed by atoms with E-state index in [2.05, 4.69) is 17.2 Å². The van der Waals surface area contributed by atoms with Crippen LogP contribution in [0.3, 0.4) is 0 Å². The van der Waals surface area contributed by atoms with Gasteiger partial charge in [0.15, 0.2) is 0 Å². The Kier molecular flexibility index (Phi) is 3.50. The molecule has 0 spiro atoms. The van der Waals surface area contributed by atoms with Gasteiger partial charge in [0, 0.05) is 30.3 Å². The topological polar surface area (TPSA) is 34.2 Å². The van der Waals surface area contributed by atoms with Gasteiger partial charge in [-0.05, 0) is 12.8 Å². The predicted octanol–water partition coefficient (Wildman–Crippen LogP) is 1.58. The van der Waals surface area contributed by atoms with Crippen molar-refractivity contribution in [1.29, 1.82) is 0 Å². The van der Waals surface area contributed by atoms with Gasteiger partial charge in [0.25, 0.3) is 0 Å². The number of nitrogens with zero attached hydrogens (tertiary/aromatic N) is 1. The molecule has 4 heteroatoms. The maximum atomic E-state index is 5.30. The molecule has 0 amide bonds. The minimum atomic E-state index is 0.544. The van der Waals surface area contributed by atoms with Crippen LogP contribution in [-0.4, -0.2) is 24.2 Å². The Labute approximate surface area is 88.5 Å². The van der Waals surface area contributed by atoms with Gasteiger partial charge in [0.1, 0.15) is 0 Å². The molecule has 1 aromatic rings. The highest BCUT2D eigenvalue weighted by atomic mass is 32.1. The summed E-state index contributed by atoms with van der Waals surface area (Å²) in [6.07, 6.45) is 4.16. The van der Waals surface area contributed by atoms with Crippen molar-refractivity contribution in [2.24, 2.45) is 0 Å². The lowest BCUT2D eigenvalue weighted by atomic mass is 10.2. The summed E-state index contributed by atoms with van der Waals surface area (Å²) in [6.45, 7) is 4.84. The summed E-state index contributed by atoms with van der Waals surface area (Å²) in [6, 6.07) is 0.544. The molecular formula is C10H16N2OS. The van der Waals surface area contributed by atoms with Gasteiger partial charge in [-0.25, -0.2) is 4.98 Å². The lowest BCUT2D eigenvalue weighted by molar-refractivity contribution is 0.190. The Hall–Kier alpha value is -0.450. The molecule has 0 aliphatic carbocycles. The molecule has 1 atom stereocenters. The number of aryl methyl sites for hydroxylation is 1. The van der Waals surface area contributed by atoms with Gasteiger partial charge < -0.3 is 10.1 Å². The van der Waals surface area contributed by atoms with Crippen molar-refractivity contribution in [2.45, 2.75) is 32.4 Å². The fraction of sp³-hybridized carbons (Fsp3) is 0.700. The zero-order chi connectivity index (χ0) is 9.80. The van der Waals surface area contributed by atoms with Crippen LogP contribution in [0, 0.1) is 0 Å². The number of hydrogen-bond donors (Lipinski definition) is 1. The first-order valence-electron chi connectivity index (χ1n) is 5.13. The summed E-state index contributed by atoms with van der Waals surface area (Å²) >= 11 is 1.80. The van der Waals surface area contributed by atoms with E-state index in [1.54, 1.807) is 11.3 Å². The van der Waals surface area contributed by atoms with Crippen LogP contribution in [0.15, 0.2) is 6.20 Å². The Balaban J connectivity index is 1.79. The molecule has 1 unspecified atom stereocenters. The normalized spacial score (nSPS) is 21.6. The van der Waals surface area contributed by atoms with E-state index in [0.717, 1.165) is 32.6 Å². The number of thiazole rings is 1. The van der Waals surface area contributed by atoms with E-state index >= 15 is 0 Å². The van der Waals surface area contributed by atoms with E-state index in [1.165, 1.54) is 9.88 Å².